The van der Waals surface area contributed by atoms with Gasteiger partial charge in [-0.2, -0.15) is 4.98 Å². The average molecular weight is 482 g/mol. The summed E-state index contributed by atoms with van der Waals surface area (Å²) >= 11 is 0. The first kappa shape index (κ1) is 24.0. The summed E-state index contributed by atoms with van der Waals surface area (Å²) in [6, 6.07) is 1.44. The highest BCUT2D eigenvalue weighted by Gasteiger charge is 2.35. The number of rotatable bonds is 6. The van der Waals surface area contributed by atoms with E-state index < -0.39 is 22.3 Å². The third kappa shape index (κ3) is 5.04. The molecule has 4 rings (SSSR count). The van der Waals surface area contributed by atoms with Crippen LogP contribution in [0, 0.1) is 5.92 Å². The zero-order valence-electron chi connectivity index (χ0n) is 19.2. The molecule has 0 amide bonds. The lowest BCUT2D eigenvalue weighted by molar-refractivity contribution is 0.129. The predicted octanol–water partition coefficient (Wildman–Crippen LogP) is 1.86. The number of alkyl halides is 1. The fourth-order valence-electron chi connectivity index (χ4n) is 5.01. The van der Waals surface area contributed by atoms with Gasteiger partial charge in [0, 0.05) is 54.7 Å². The van der Waals surface area contributed by atoms with Crippen LogP contribution in [0.3, 0.4) is 0 Å². The first-order valence-electron chi connectivity index (χ1n) is 11.5. The molecule has 0 bridgehead atoms. The molecule has 2 aromatic rings. The SMILES string of the molecule is CC(F)Cc1cc2cnc(NC3CCN(S(C)(=O)=O)CC3)nc2n([C@@H]2CC[C@@H](O)[C@H]2C)c1=O. The Kier molecular flexibility index (Phi) is 6.75. The number of anilines is 1. The lowest BCUT2D eigenvalue weighted by atomic mass is 10.0. The van der Waals surface area contributed by atoms with E-state index in [-0.39, 0.29) is 30.0 Å². The van der Waals surface area contributed by atoms with Gasteiger partial charge in [0.1, 0.15) is 11.8 Å². The minimum Gasteiger partial charge on any atom is -0.393 e. The van der Waals surface area contributed by atoms with Crippen molar-refractivity contribution in [2.75, 3.05) is 24.7 Å². The molecule has 2 fully saturated rings. The second-order valence-corrected chi connectivity index (χ2v) is 11.4. The molecule has 2 aliphatic rings. The summed E-state index contributed by atoms with van der Waals surface area (Å²) in [5, 5.41) is 14.2. The van der Waals surface area contributed by atoms with Crippen LogP contribution < -0.4 is 10.9 Å². The van der Waals surface area contributed by atoms with Gasteiger partial charge in [-0.25, -0.2) is 22.1 Å². The molecule has 33 heavy (non-hydrogen) atoms. The predicted molar refractivity (Wildman–Crippen MR) is 125 cm³/mol. The molecule has 11 heteroatoms. The number of fused-ring (bicyclic) bond motifs is 1. The Bertz CT molecular complexity index is 1180. The number of halogens is 1. The molecule has 0 aromatic carbocycles. The number of aliphatic hydroxyl groups is 1. The maximum absolute atomic E-state index is 13.8. The van der Waals surface area contributed by atoms with Crippen LogP contribution in [0.2, 0.25) is 0 Å². The van der Waals surface area contributed by atoms with Gasteiger partial charge in [0.2, 0.25) is 16.0 Å². The van der Waals surface area contributed by atoms with Crippen molar-refractivity contribution in [2.45, 2.75) is 70.3 Å². The Morgan fingerprint density at radius 1 is 1.27 bits per heavy atom. The van der Waals surface area contributed by atoms with Crippen LogP contribution in [0.4, 0.5) is 10.3 Å². The highest BCUT2D eigenvalue weighted by atomic mass is 32.2. The Hall–Kier alpha value is -2.11. The van der Waals surface area contributed by atoms with Gasteiger partial charge in [-0.15, -0.1) is 0 Å². The van der Waals surface area contributed by atoms with Gasteiger partial charge in [0.15, 0.2) is 0 Å². The van der Waals surface area contributed by atoms with Gasteiger partial charge >= 0.3 is 0 Å². The van der Waals surface area contributed by atoms with Crippen LogP contribution in [0.1, 0.15) is 51.1 Å². The minimum atomic E-state index is -3.20. The van der Waals surface area contributed by atoms with E-state index in [9.17, 15) is 22.7 Å². The number of nitrogens with zero attached hydrogens (tertiary/aromatic N) is 4. The van der Waals surface area contributed by atoms with Crippen molar-refractivity contribution in [3.05, 3.63) is 28.2 Å². The molecule has 4 atom stereocenters. The van der Waals surface area contributed by atoms with Crippen LogP contribution in [0.5, 0.6) is 0 Å². The van der Waals surface area contributed by atoms with Crippen molar-refractivity contribution in [3.63, 3.8) is 0 Å². The molecule has 1 aliphatic carbocycles. The molecule has 2 N–H and O–H groups in total. The largest absolute Gasteiger partial charge is 0.393 e. The van der Waals surface area contributed by atoms with Crippen LogP contribution >= 0.6 is 0 Å². The molecule has 1 aliphatic heterocycles. The quantitative estimate of drug-likeness (QED) is 0.647. The maximum Gasteiger partial charge on any atom is 0.255 e. The number of piperidine rings is 1. The van der Waals surface area contributed by atoms with Crippen molar-refractivity contribution >= 4 is 27.0 Å². The van der Waals surface area contributed by atoms with E-state index in [2.05, 4.69) is 15.3 Å². The molecule has 182 valence electrons. The standard InChI is InChI=1S/C22H32FN5O4S/c1-13(23)10-15-11-16-12-24-22(25-17-6-8-27(9-7-17)33(3,31)32)26-20(16)28(21(15)30)18-4-5-19(29)14(18)2/h11-14,17-19,29H,4-10H2,1-3H3,(H,24,25,26)/t13?,14-,18+,19+/m0/s1. The number of aromatic nitrogens is 3. The van der Waals surface area contributed by atoms with Gasteiger partial charge in [-0.05, 0) is 38.7 Å². The summed E-state index contributed by atoms with van der Waals surface area (Å²) in [6.45, 7) is 4.20. The van der Waals surface area contributed by atoms with E-state index in [1.807, 2.05) is 6.92 Å². The summed E-state index contributed by atoms with van der Waals surface area (Å²) in [5.74, 6) is 0.238. The third-order valence-electron chi connectivity index (χ3n) is 6.91. The topological polar surface area (TPSA) is 117 Å². The number of sulfonamides is 1. The summed E-state index contributed by atoms with van der Waals surface area (Å²) < 4.78 is 40.3. The maximum atomic E-state index is 13.8. The highest BCUT2D eigenvalue weighted by Crippen LogP contribution is 2.36. The minimum absolute atomic E-state index is 0.0112. The molecule has 1 saturated carbocycles. The first-order valence-corrected chi connectivity index (χ1v) is 13.3. The number of aliphatic hydroxyl groups excluding tert-OH is 1. The summed E-state index contributed by atoms with van der Waals surface area (Å²) in [7, 11) is -3.20. The van der Waals surface area contributed by atoms with Gasteiger partial charge in [-0.3, -0.25) is 9.36 Å². The lowest BCUT2D eigenvalue weighted by Crippen LogP contribution is -2.42. The van der Waals surface area contributed by atoms with Gasteiger partial charge in [-0.1, -0.05) is 6.92 Å². The average Bonchev–Trinajstić information content (AvgIpc) is 3.07. The van der Waals surface area contributed by atoms with Gasteiger partial charge < -0.3 is 10.4 Å². The molecule has 1 unspecified atom stereocenters. The highest BCUT2D eigenvalue weighted by molar-refractivity contribution is 7.88. The smallest absolute Gasteiger partial charge is 0.255 e. The van der Waals surface area contributed by atoms with Crippen molar-refractivity contribution in [1.29, 1.82) is 0 Å². The van der Waals surface area contributed by atoms with E-state index in [1.165, 1.54) is 17.5 Å². The summed E-state index contributed by atoms with van der Waals surface area (Å²) in [5.41, 5.74) is 0.569. The van der Waals surface area contributed by atoms with Crippen molar-refractivity contribution in [3.8, 4) is 0 Å². The van der Waals surface area contributed by atoms with Crippen LogP contribution in [0.25, 0.3) is 11.0 Å². The van der Waals surface area contributed by atoms with Crippen LogP contribution in [-0.2, 0) is 16.4 Å². The van der Waals surface area contributed by atoms with Gasteiger partial charge in [0.25, 0.3) is 5.56 Å². The molecule has 1 saturated heterocycles. The monoisotopic (exact) mass is 481 g/mol. The normalized spacial score (nSPS) is 26.0. The van der Waals surface area contributed by atoms with Gasteiger partial charge in [0.05, 0.1) is 12.4 Å². The molecular formula is C22H32FN5O4S. The summed E-state index contributed by atoms with van der Waals surface area (Å²) in [6.07, 6.45) is 3.69. The molecule has 3 heterocycles. The lowest BCUT2D eigenvalue weighted by Gasteiger charge is -2.30. The van der Waals surface area contributed by atoms with Crippen LogP contribution in [-0.4, -0.2) is 70.0 Å². The Balaban J connectivity index is 1.68. The molecular weight excluding hydrogens is 449 g/mol. The number of hydrogen-bond acceptors (Lipinski definition) is 7. The molecule has 0 spiro atoms. The number of pyridine rings is 1. The molecule has 2 aromatic heterocycles. The van der Waals surface area contributed by atoms with E-state index in [1.54, 1.807) is 16.8 Å². The fraction of sp³-hybridized carbons (Fsp3) is 0.682. The van der Waals surface area contributed by atoms with E-state index in [4.69, 9.17) is 0 Å². The Morgan fingerprint density at radius 3 is 2.55 bits per heavy atom. The Labute approximate surface area is 193 Å². The van der Waals surface area contributed by atoms with Crippen molar-refractivity contribution in [2.24, 2.45) is 5.92 Å². The second kappa shape index (κ2) is 9.27. The fourth-order valence-corrected chi connectivity index (χ4v) is 5.88. The van der Waals surface area contributed by atoms with E-state index >= 15 is 0 Å². The van der Waals surface area contributed by atoms with E-state index in [0.29, 0.717) is 61.3 Å². The Morgan fingerprint density at radius 2 is 1.97 bits per heavy atom. The van der Waals surface area contributed by atoms with Crippen LogP contribution in [0.15, 0.2) is 17.1 Å². The zero-order chi connectivity index (χ0) is 23.9. The molecule has 0 radical (unpaired) electrons. The molecule has 9 nitrogen and oxygen atoms in total. The summed E-state index contributed by atoms with van der Waals surface area (Å²) in [4.78, 5) is 22.4. The number of nitrogens with one attached hydrogen (secondary N) is 1. The van der Waals surface area contributed by atoms with E-state index in [0.717, 1.165) is 0 Å². The first-order chi connectivity index (χ1) is 15.5. The number of hydrogen-bond donors (Lipinski definition) is 2. The second-order valence-electron chi connectivity index (χ2n) is 9.45. The van der Waals surface area contributed by atoms with Crippen molar-refractivity contribution < 1.29 is 17.9 Å². The zero-order valence-corrected chi connectivity index (χ0v) is 20.1. The van der Waals surface area contributed by atoms with Crippen molar-refractivity contribution in [1.82, 2.24) is 18.8 Å². The third-order valence-corrected chi connectivity index (χ3v) is 8.21.